The van der Waals surface area contributed by atoms with Crippen LogP contribution in [0.1, 0.15) is 37.9 Å². The van der Waals surface area contributed by atoms with E-state index in [-0.39, 0.29) is 0 Å². The predicted octanol–water partition coefficient (Wildman–Crippen LogP) is 1.19. The van der Waals surface area contributed by atoms with Crippen LogP contribution in [0.4, 0.5) is 0 Å². The van der Waals surface area contributed by atoms with Crippen LogP contribution in [0, 0.1) is 0 Å². The highest BCUT2D eigenvalue weighted by molar-refractivity contribution is 5.05. The molecule has 16 heavy (non-hydrogen) atoms. The van der Waals surface area contributed by atoms with Crippen molar-refractivity contribution in [1.82, 2.24) is 25.5 Å². The maximum absolute atomic E-state index is 4.11. The van der Waals surface area contributed by atoms with Gasteiger partial charge in [0, 0.05) is 0 Å². The molecule has 0 radical (unpaired) electrons. The van der Waals surface area contributed by atoms with Crippen molar-refractivity contribution in [3.63, 3.8) is 0 Å². The Morgan fingerprint density at radius 2 is 2.38 bits per heavy atom. The van der Waals surface area contributed by atoms with E-state index in [0.29, 0.717) is 6.54 Å². The van der Waals surface area contributed by atoms with Gasteiger partial charge in [0.1, 0.15) is 0 Å². The Morgan fingerprint density at radius 3 is 3.06 bits per heavy atom. The van der Waals surface area contributed by atoms with Crippen LogP contribution in [0.15, 0.2) is 11.6 Å². The third-order valence-electron chi connectivity index (χ3n) is 2.84. The smallest absolute Gasteiger partial charge is 0.188 e. The molecule has 0 saturated heterocycles. The summed E-state index contributed by atoms with van der Waals surface area (Å²) in [5.74, 6) is 0.764. The first-order valence-corrected chi connectivity index (χ1v) is 5.96. The van der Waals surface area contributed by atoms with Crippen LogP contribution in [0.25, 0.3) is 0 Å². The van der Waals surface area contributed by atoms with Gasteiger partial charge in [-0.25, -0.2) is 0 Å². The summed E-state index contributed by atoms with van der Waals surface area (Å²) in [5.41, 5.74) is 1.60. The van der Waals surface area contributed by atoms with Crippen LogP contribution in [-0.2, 0) is 13.6 Å². The third-order valence-corrected chi connectivity index (χ3v) is 2.84. The maximum Gasteiger partial charge on any atom is 0.188 e. The van der Waals surface area contributed by atoms with Crippen molar-refractivity contribution < 1.29 is 0 Å². The minimum absolute atomic E-state index is 0.709. The van der Waals surface area contributed by atoms with E-state index in [9.17, 15) is 0 Å². The topological polar surface area (TPSA) is 55.6 Å². The molecule has 0 amide bonds. The second-order valence-corrected chi connectivity index (χ2v) is 4.23. The van der Waals surface area contributed by atoms with Crippen LogP contribution in [0.3, 0.4) is 0 Å². The van der Waals surface area contributed by atoms with Crippen LogP contribution < -0.4 is 5.32 Å². The normalized spacial score (nSPS) is 16.2. The number of nitrogens with one attached hydrogen (secondary N) is 1. The van der Waals surface area contributed by atoms with Crippen molar-refractivity contribution in [3.8, 4) is 0 Å². The van der Waals surface area contributed by atoms with E-state index in [4.69, 9.17) is 0 Å². The fraction of sp³-hybridized carbons (Fsp3) is 0.727. The van der Waals surface area contributed by atoms with E-state index < -0.39 is 0 Å². The summed E-state index contributed by atoms with van der Waals surface area (Å²) in [5, 5.41) is 15.2. The van der Waals surface area contributed by atoms with Crippen LogP contribution in [0.2, 0.25) is 0 Å². The third kappa shape index (κ3) is 3.41. The van der Waals surface area contributed by atoms with Crippen molar-refractivity contribution in [2.24, 2.45) is 7.05 Å². The molecule has 1 aliphatic rings. The van der Waals surface area contributed by atoms with Gasteiger partial charge in [0.2, 0.25) is 0 Å². The standard InChI is InChI=1S/C11H19N5/c1-16-14-11(13-15-16)9-12-8-7-10-5-3-2-4-6-10/h5,12H,2-4,6-9H2,1H3. The second kappa shape index (κ2) is 5.75. The average Bonchev–Trinajstić information content (AvgIpc) is 2.72. The summed E-state index contributed by atoms with van der Waals surface area (Å²) in [6, 6.07) is 0. The molecule has 0 aromatic carbocycles. The van der Waals surface area contributed by atoms with Gasteiger partial charge in [0.15, 0.2) is 5.82 Å². The maximum atomic E-state index is 4.11. The summed E-state index contributed by atoms with van der Waals surface area (Å²) in [4.78, 5) is 1.49. The van der Waals surface area contributed by atoms with E-state index >= 15 is 0 Å². The van der Waals surface area contributed by atoms with E-state index in [1.165, 1.54) is 30.5 Å². The lowest BCUT2D eigenvalue weighted by Crippen LogP contribution is -2.16. The van der Waals surface area contributed by atoms with E-state index in [1.807, 2.05) is 0 Å². The number of aromatic nitrogens is 4. The van der Waals surface area contributed by atoms with Crippen molar-refractivity contribution in [1.29, 1.82) is 0 Å². The summed E-state index contributed by atoms with van der Waals surface area (Å²) in [7, 11) is 1.78. The Balaban J connectivity index is 1.63. The number of hydrogen-bond acceptors (Lipinski definition) is 4. The lowest BCUT2D eigenvalue weighted by molar-refractivity contribution is 0.609. The van der Waals surface area contributed by atoms with Crippen molar-refractivity contribution in [3.05, 3.63) is 17.5 Å². The number of aryl methyl sites for hydroxylation is 1. The van der Waals surface area contributed by atoms with E-state index in [1.54, 1.807) is 12.6 Å². The summed E-state index contributed by atoms with van der Waals surface area (Å²) < 4.78 is 0. The lowest BCUT2D eigenvalue weighted by atomic mass is 9.97. The highest BCUT2D eigenvalue weighted by atomic mass is 15.6. The number of tetrazole rings is 1. The number of rotatable bonds is 5. The molecule has 2 rings (SSSR count). The van der Waals surface area contributed by atoms with Gasteiger partial charge in [-0.15, -0.1) is 10.2 Å². The first-order chi connectivity index (χ1) is 7.84. The fourth-order valence-electron chi connectivity index (χ4n) is 1.97. The fourth-order valence-corrected chi connectivity index (χ4v) is 1.97. The molecule has 1 aliphatic carbocycles. The van der Waals surface area contributed by atoms with Crippen LogP contribution >= 0.6 is 0 Å². The van der Waals surface area contributed by atoms with Gasteiger partial charge >= 0.3 is 0 Å². The largest absolute Gasteiger partial charge is 0.309 e. The second-order valence-electron chi connectivity index (χ2n) is 4.23. The van der Waals surface area contributed by atoms with Crippen molar-refractivity contribution in [2.75, 3.05) is 6.54 Å². The molecule has 1 heterocycles. The number of hydrogen-bond donors (Lipinski definition) is 1. The Bertz CT molecular complexity index is 355. The van der Waals surface area contributed by atoms with Gasteiger partial charge in [0.25, 0.3) is 0 Å². The van der Waals surface area contributed by atoms with Crippen molar-refractivity contribution in [2.45, 2.75) is 38.6 Å². The summed E-state index contributed by atoms with van der Waals surface area (Å²) in [6.45, 7) is 1.71. The summed E-state index contributed by atoms with van der Waals surface area (Å²) >= 11 is 0. The molecule has 0 atom stereocenters. The van der Waals surface area contributed by atoms with E-state index in [0.717, 1.165) is 18.8 Å². The zero-order valence-corrected chi connectivity index (χ0v) is 9.82. The van der Waals surface area contributed by atoms with Gasteiger partial charge in [-0.2, -0.15) is 4.80 Å². The molecular formula is C11H19N5. The molecule has 0 aliphatic heterocycles. The van der Waals surface area contributed by atoms with E-state index in [2.05, 4.69) is 26.8 Å². The van der Waals surface area contributed by atoms with Gasteiger partial charge < -0.3 is 5.32 Å². The summed E-state index contributed by atoms with van der Waals surface area (Å²) in [6.07, 6.45) is 8.82. The monoisotopic (exact) mass is 221 g/mol. The molecule has 1 aromatic rings. The average molecular weight is 221 g/mol. The van der Waals surface area contributed by atoms with Gasteiger partial charge in [-0.3, -0.25) is 0 Å². The lowest BCUT2D eigenvalue weighted by Gasteiger charge is -2.12. The molecule has 88 valence electrons. The molecule has 0 saturated carbocycles. The Morgan fingerprint density at radius 1 is 1.44 bits per heavy atom. The number of nitrogens with zero attached hydrogens (tertiary/aromatic N) is 4. The highest BCUT2D eigenvalue weighted by Gasteiger charge is 2.03. The van der Waals surface area contributed by atoms with Gasteiger partial charge in [-0.05, 0) is 43.9 Å². The molecular weight excluding hydrogens is 202 g/mol. The molecule has 0 bridgehead atoms. The Hall–Kier alpha value is -1.23. The molecule has 0 fully saturated rings. The Labute approximate surface area is 95.9 Å². The van der Waals surface area contributed by atoms with Crippen molar-refractivity contribution >= 4 is 0 Å². The first-order valence-electron chi connectivity index (χ1n) is 5.96. The molecule has 1 N–H and O–H groups in total. The molecule has 1 aromatic heterocycles. The molecule has 0 unspecified atom stereocenters. The van der Waals surface area contributed by atoms with Crippen LogP contribution in [-0.4, -0.2) is 26.8 Å². The molecule has 5 heteroatoms. The van der Waals surface area contributed by atoms with Gasteiger partial charge in [-0.1, -0.05) is 11.6 Å². The zero-order valence-electron chi connectivity index (χ0n) is 9.82. The Kier molecular flexibility index (Phi) is 4.04. The highest BCUT2D eigenvalue weighted by Crippen LogP contribution is 2.19. The minimum atomic E-state index is 0.709. The predicted molar refractivity (Wildman–Crippen MR) is 61.7 cm³/mol. The van der Waals surface area contributed by atoms with Crippen LogP contribution in [0.5, 0.6) is 0 Å². The SMILES string of the molecule is Cn1nnc(CNCCC2=CCCCC2)n1. The molecule has 0 spiro atoms. The minimum Gasteiger partial charge on any atom is -0.309 e. The molecule has 5 nitrogen and oxygen atoms in total. The number of allylic oxidation sites excluding steroid dienone is 1. The quantitative estimate of drug-likeness (QED) is 0.599. The van der Waals surface area contributed by atoms with Gasteiger partial charge in [0.05, 0.1) is 13.6 Å². The zero-order chi connectivity index (χ0) is 11.2. The first kappa shape index (κ1) is 11.3.